The predicted octanol–water partition coefficient (Wildman–Crippen LogP) is 3.69. The summed E-state index contributed by atoms with van der Waals surface area (Å²) in [4.78, 5) is 29.7. The summed E-state index contributed by atoms with van der Waals surface area (Å²) in [6.45, 7) is 4.51. The number of pyridine rings is 1. The molecule has 2 aromatic rings. The lowest BCUT2D eigenvalue weighted by molar-refractivity contribution is -0.118. The molecule has 1 N–H and O–H groups in total. The molecule has 1 fully saturated rings. The van der Waals surface area contributed by atoms with Gasteiger partial charge in [0.05, 0.1) is 24.6 Å². The summed E-state index contributed by atoms with van der Waals surface area (Å²) in [5.74, 6) is 0.855. The van der Waals surface area contributed by atoms with Crippen LogP contribution in [0.1, 0.15) is 43.9 Å². The second kappa shape index (κ2) is 7.00. The number of anilines is 1. The highest BCUT2D eigenvalue weighted by molar-refractivity contribution is 6.21. The van der Waals surface area contributed by atoms with Gasteiger partial charge >= 0.3 is 6.03 Å². The molecule has 7 nitrogen and oxygen atoms in total. The van der Waals surface area contributed by atoms with Crippen LogP contribution in [0.5, 0.6) is 11.6 Å². The lowest BCUT2D eigenvalue weighted by atomic mass is 10.0. The topological polar surface area (TPSA) is 80.8 Å². The van der Waals surface area contributed by atoms with E-state index in [1.54, 1.807) is 12.1 Å². The van der Waals surface area contributed by atoms with E-state index in [2.05, 4.69) is 17.2 Å². The van der Waals surface area contributed by atoms with E-state index < -0.39 is 12.1 Å². The Bertz CT molecular complexity index is 881. The van der Waals surface area contributed by atoms with Gasteiger partial charge in [0.15, 0.2) is 0 Å². The number of ether oxygens (including phenoxy) is 2. The fourth-order valence-electron chi connectivity index (χ4n) is 3.50. The van der Waals surface area contributed by atoms with Crippen LogP contribution in [-0.2, 0) is 16.1 Å². The summed E-state index contributed by atoms with van der Waals surface area (Å²) in [5, 5.41) is 2.66. The van der Waals surface area contributed by atoms with Crippen LogP contribution in [0.15, 0.2) is 36.5 Å². The van der Waals surface area contributed by atoms with Crippen LogP contribution in [0.25, 0.3) is 0 Å². The van der Waals surface area contributed by atoms with Gasteiger partial charge < -0.3 is 14.8 Å². The van der Waals surface area contributed by atoms with Gasteiger partial charge in [-0.3, -0.25) is 4.79 Å². The molecule has 1 aromatic carbocycles. The average molecular weight is 367 g/mol. The monoisotopic (exact) mass is 367 g/mol. The third-order valence-corrected chi connectivity index (χ3v) is 4.91. The minimum absolute atomic E-state index is 0.0207. The molecule has 2 atom stereocenters. The molecule has 7 heteroatoms. The fraction of sp³-hybridized carbons (Fsp3) is 0.350. The molecule has 140 valence electrons. The van der Waals surface area contributed by atoms with E-state index in [-0.39, 0.29) is 12.0 Å². The molecule has 3 amide bonds. The number of benzene rings is 1. The Kier molecular flexibility index (Phi) is 4.53. The van der Waals surface area contributed by atoms with Crippen LogP contribution < -0.4 is 15.0 Å². The maximum absolute atomic E-state index is 12.3. The molecule has 0 spiro atoms. The second-order valence-corrected chi connectivity index (χ2v) is 6.58. The first-order valence-corrected chi connectivity index (χ1v) is 9.14. The number of aromatic nitrogens is 1. The van der Waals surface area contributed by atoms with Crippen LogP contribution in [0.3, 0.4) is 0 Å². The van der Waals surface area contributed by atoms with Gasteiger partial charge in [0, 0.05) is 11.6 Å². The van der Waals surface area contributed by atoms with Crippen molar-refractivity contribution in [3.05, 3.63) is 47.7 Å². The summed E-state index contributed by atoms with van der Waals surface area (Å²) in [7, 11) is 0. The Labute approximate surface area is 157 Å². The maximum atomic E-state index is 12.3. The molecule has 2 aliphatic rings. The molecule has 2 aliphatic heterocycles. The van der Waals surface area contributed by atoms with E-state index in [1.807, 2.05) is 25.1 Å². The number of nitrogens with zero attached hydrogens (tertiary/aromatic N) is 2. The largest absolute Gasteiger partial charge is 0.439 e. The van der Waals surface area contributed by atoms with E-state index in [0.717, 1.165) is 28.2 Å². The molecule has 0 saturated carbocycles. The zero-order valence-electron chi connectivity index (χ0n) is 15.3. The Morgan fingerprint density at radius 1 is 1.22 bits per heavy atom. The summed E-state index contributed by atoms with van der Waals surface area (Å²) in [5.41, 5.74) is 2.61. The fourth-order valence-corrected chi connectivity index (χ4v) is 3.50. The van der Waals surface area contributed by atoms with Gasteiger partial charge in [-0.2, -0.15) is 0 Å². The van der Waals surface area contributed by atoms with E-state index in [1.165, 1.54) is 6.20 Å². The molecule has 27 heavy (non-hydrogen) atoms. The molecular formula is C20H21N3O4. The van der Waals surface area contributed by atoms with Gasteiger partial charge in [-0.15, -0.1) is 0 Å². The molecular weight excluding hydrogens is 346 g/mol. The number of amides is 3. The average Bonchev–Trinajstić information content (AvgIpc) is 3.23. The summed E-state index contributed by atoms with van der Waals surface area (Å²) in [6.07, 6.45) is 2.91. The highest BCUT2D eigenvalue weighted by atomic mass is 16.5. The first-order chi connectivity index (χ1) is 13.1. The maximum Gasteiger partial charge on any atom is 0.329 e. The number of rotatable bonds is 5. The van der Waals surface area contributed by atoms with Crippen molar-refractivity contribution in [2.45, 2.75) is 45.4 Å². The van der Waals surface area contributed by atoms with Crippen molar-refractivity contribution in [1.29, 1.82) is 0 Å². The number of carbonyl (C=O) groups is 2. The molecule has 0 aliphatic carbocycles. The van der Waals surface area contributed by atoms with Gasteiger partial charge in [0.2, 0.25) is 5.88 Å². The van der Waals surface area contributed by atoms with Crippen molar-refractivity contribution >= 4 is 17.6 Å². The van der Waals surface area contributed by atoms with Gasteiger partial charge in [-0.1, -0.05) is 26.0 Å². The summed E-state index contributed by atoms with van der Waals surface area (Å²) >= 11 is 0. The number of hydrogen-bond acceptors (Lipinski definition) is 5. The first kappa shape index (κ1) is 17.5. The highest BCUT2D eigenvalue weighted by Crippen LogP contribution is 2.40. The van der Waals surface area contributed by atoms with Crippen molar-refractivity contribution in [2.24, 2.45) is 0 Å². The van der Waals surface area contributed by atoms with Crippen molar-refractivity contribution in [1.82, 2.24) is 10.3 Å². The molecule has 0 radical (unpaired) electrons. The van der Waals surface area contributed by atoms with Crippen molar-refractivity contribution < 1.29 is 19.1 Å². The number of carbonyl (C=O) groups excluding carboxylic acids is 2. The number of nitrogens with one attached hydrogen (secondary N) is 1. The van der Waals surface area contributed by atoms with E-state index in [4.69, 9.17) is 9.47 Å². The third kappa shape index (κ3) is 3.04. The smallest absolute Gasteiger partial charge is 0.329 e. The van der Waals surface area contributed by atoms with E-state index >= 15 is 0 Å². The van der Waals surface area contributed by atoms with Gasteiger partial charge in [0.25, 0.3) is 5.91 Å². The summed E-state index contributed by atoms with van der Waals surface area (Å²) < 4.78 is 11.8. The zero-order valence-corrected chi connectivity index (χ0v) is 15.3. The number of fused-ring (bicyclic) bond motifs is 1. The van der Waals surface area contributed by atoms with Crippen LogP contribution >= 0.6 is 0 Å². The van der Waals surface area contributed by atoms with Crippen molar-refractivity contribution in [2.75, 3.05) is 4.90 Å². The Morgan fingerprint density at radius 2 is 2.07 bits per heavy atom. The second-order valence-electron chi connectivity index (χ2n) is 6.58. The molecule has 0 bridgehead atoms. The number of urea groups is 1. The molecule has 1 aromatic heterocycles. The van der Waals surface area contributed by atoms with Gasteiger partial charge in [-0.05, 0) is 30.5 Å². The molecule has 4 rings (SSSR count). The highest BCUT2D eigenvalue weighted by Gasteiger charge is 2.38. The third-order valence-electron chi connectivity index (χ3n) is 4.91. The minimum Gasteiger partial charge on any atom is -0.439 e. The van der Waals surface area contributed by atoms with Crippen LogP contribution in [0.4, 0.5) is 10.5 Å². The quantitative estimate of drug-likeness (QED) is 0.815. The van der Waals surface area contributed by atoms with Crippen LogP contribution in [0.2, 0.25) is 0 Å². The Morgan fingerprint density at radius 3 is 2.74 bits per heavy atom. The van der Waals surface area contributed by atoms with E-state index in [0.29, 0.717) is 24.6 Å². The predicted molar refractivity (Wildman–Crippen MR) is 98.7 cm³/mol. The zero-order chi connectivity index (χ0) is 19.0. The Hall–Kier alpha value is -2.93. The van der Waals surface area contributed by atoms with Gasteiger partial charge in [0.1, 0.15) is 11.8 Å². The molecule has 3 heterocycles. The van der Waals surface area contributed by atoms with Gasteiger partial charge in [-0.25, -0.2) is 14.7 Å². The lowest BCUT2D eigenvalue weighted by Crippen LogP contribution is -2.31. The van der Waals surface area contributed by atoms with Crippen LogP contribution in [-0.4, -0.2) is 23.0 Å². The number of hydrogen-bond donors (Lipinski definition) is 1. The lowest BCUT2D eigenvalue weighted by Gasteiger charge is -2.15. The summed E-state index contributed by atoms with van der Waals surface area (Å²) in [6, 6.07) is 8.28. The number of imide groups is 1. The molecule has 1 saturated heterocycles. The Balaban J connectivity index is 1.56. The van der Waals surface area contributed by atoms with Crippen molar-refractivity contribution in [3.8, 4) is 11.6 Å². The SMILES string of the molecule is CCC1NC(=O)N(c2ccc(Oc3cccc4c3C(CC)OC4)nc2)C1=O. The van der Waals surface area contributed by atoms with Crippen LogP contribution in [0, 0.1) is 0 Å². The first-order valence-electron chi connectivity index (χ1n) is 9.14. The van der Waals surface area contributed by atoms with E-state index in [9.17, 15) is 9.59 Å². The molecule has 2 unspecified atom stereocenters. The van der Waals surface area contributed by atoms with Crippen molar-refractivity contribution in [3.63, 3.8) is 0 Å². The minimum atomic E-state index is -0.480. The standard InChI is InChI=1S/C20H21N3O4/c1-3-14-19(24)23(20(25)22-14)13-8-9-17(21-10-13)27-16-7-5-6-12-11-26-15(4-2)18(12)16/h5-10,14-15H,3-4,11H2,1-2H3,(H,22,25). The normalized spacial score (nSPS) is 21.3.